The first-order valence-corrected chi connectivity index (χ1v) is 5.09. The lowest BCUT2D eigenvalue weighted by Crippen LogP contribution is -2.29. The summed E-state index contributed by atoms with van der Waals surface area (Å²) in [5.74, 6) is 5.53. The van der Waals surface area contributed by atoms with Gasteiger partial charge >= 0.3 is 0 Å². The van der Waals surface area contributed by atoms with Crippen LogP contribution < -0.4 is 11.3 Å². The maximum atomic E-state index is 5.53. The fourth-order valence-electron chi connectivity index (χ4n) is 1.51. The van der Waals surface area contributed by atoms with Crippen LogP contribution in [0, 0.1) is 0 Å². The van der Waals surface area contributed by atoms with Gasteiger partial charge in [0.05, 0.1) is 24.1 Å². The molecule has 84 valence electrons. The number of nitrogens with two attached hydrogens (primary N) is 1. The van der Waals surface area contributed by atoms with Gasteiger partial charge in [0.2, 0.25) is 0 Å². The van der Waals surface area contributed by atoms with Crippen LogP contribution in [0.25, 0.3) is 0 Å². The molecule has 0 aliphatic rings. The summed E-state index contributed by atoms with van der Waals surface area (Å²) in [6.45, 7) is 2.86. The second-order valence-corrected chi connectivity index (χ2v) is 3.36. The molecule has 0 radical (unpaired) electrons. The van der Waals surface area contributed by atoms with E-state index in [1.165, 1.54) is 0 Å². The molecule has 0 bridgehead atoms. The highest BCUT2D eigenvalue weighted by atomic mass is 15.3. The zero-order valence-corrected chi connectivity index (χ0v) is 9.04. The molecule has 0 aliphatic heterocycles. The quantitative estimate of drug-likeness (QED) is 0.567. The number of nitrogens with one attached hydrogen (secondary N) is 1. The Morgan fingerprint density at radius 3 is 2.88 bits per heavy atom. The van der Waals surface area contributed by atoms with E-state index >= 15 is 0 Å². The lowest BCUT2D eigenvalue weighted by Gasteiger charge is -2.12. The third kappa shape index (κ3) is 2.07. The molecule has 6 nitrogen and oxygen atoms in total. The number of hydrazine groups is 1. The van der Waals surface area contributed by atoms with E-state index in [9.17, 15) is 0 Å². The van der Waals surface area contributed by atoms with Gasteiger partial charge in [-0.1, -0.05) is 0 Å². The monoisotopic (exact) mass is 218 g/mol. The van der Waals surface area contributed by atoms with Crippen molar-refractivity contribution in [1.82, 2.24) is 25.2 Å². The smallest absolute Gasteiger partial charge is 0.0927 e. The highest BCUT2D eigenvalue weighted by molar-refractivity contribution is 5.21. The first-order chi connectivity index (χ1) is 7.85. The van der Waals surface area contributed by atoms with Gasteiger partial charge in [-0.25, -0.2) is 5.43 Å². The second kappa shape index (κ2) is 4.82. The van der Waals surface area contributed by atoms with E-state index in [2.05, 4.69) is 20.5 Å². The first-order valence-electron chi connectivity index (χ1n) is 5.09. The minimum atomic E-state index is -0.172. The van der Waals surface area contributed by atoms with Gasteiger partial charge in [0.15, 0.2) is 0 Å². The van der Waals surface area contributed by atoms with E-state index in [0.717, 1.165) is 17.8 Å². The van der Waals surface area contributed by atoms with Crippen molar-refractivity contribution < 1.29 is 0 Å². The molecule has 1 unspecified atom stereocenters. The number of aryl methyl sites for hydroxylation is 1. The molecule has 2 aromatic rings. The highest BCUT2D eigenvalue weighted by Gasteiger charge is 2.15. The van der Waals surface area contributed by atoms with Crippen molar-refractivity contribution in [1.29, 1.82) is 0 Å². The van der Waals surface area contributed by atoms with Gasteiger partial charge in [0.1, 0.15) is 0 Å². The predicted octanol–water partition coefficient (Wildman–Crippen LogP) is 0.246. The van der Waals surface area contributed by atoms with E-state index in [-0.39, 0.29) is 6.04 Å². The van der Waals surface area contributed by atoms with Gasteiger partial charge in [-0.2, -0.15) is 5.10 Å². The normalized spacial score (nSPS) is 12.6. The molecule has 6 heteroatoms. The molecule has 16 heavy (non-hydrogen) atoms. The largest absolute Gasteiger partial charge is 0.273 e. The van der Waals surface area contributed by atoms with Crippen LogP contribution >= 0.6 is 0 Å². The van der Waals surface area contributed by atoms with Crippen LogP contribution in [0.4, 0.5) is 0 Å². The van der Waals surface area contributed by atoms with E-state index in [1.807, 2.05) is 17.8 Å². The van der Waals surface area contributed by atoms with Crippen LogP contribution in [-0.2, 0) is 6.54 Å². The zero-order valence-electron chi connectivity index (χ0n) is 9.04. The number of hydrogen-bond acceptors (Lipinski definition) is 5. The lowest BCUT2D eigenvalue weighted by atomic mass is 10.1. The van der Waals surface area contributed by atoms with E-state index in [1.54, 1.807) is 24.8 Å². The number of rotatable bonds is 4. The Bertz CT molecular complexity index is 438. The minimum absolute atomic E-state index is 0.172. The van der Waals surface area contributed by atoms with Crippen LogP contribution in [0.2, 0.25) is 0 Å². The van der Waals surface area contributed by atoms with Crippen molar-refractivity contribution in [3.05, 3.63) is 42.2 Å². The molecular formula is C10H14N6. The molecule has 0 aliphatic carbocycles. The molecule has 0 aromatic carbocycles. The van der Waals surface area contributed by atoms with Gasteiger partial charge in [0.25, 0.3) is 0 Å². The molecule has 3 N–H and O–H groups in total. The summed E-state index contributed by atoms with van der Waals surface area (Å²) in [5, 5.41) is 4.20. The maximum absolute atomic E-state index is 5.53. The number of nitrogens with zero attached hydrogens (tertiary/aromatic N) is 4. The number of aromatic nitrogens is 4. The number of hydrogen-bond donors (Lipinski definition) is 2. The van der Waals surface area contributed by atoms with E-state index < -0.39 is 0 Å². The Balaban J connectivity index is 2.29. The van der Waals surface area contributed by atoms with Gasteiger partial charge in [-0.05, 0) is 6.92 Å². The van der Waals surface area contributed by atoms with Gasteiger partial charge in [0, 0.05) is 30.7 Å². The fraction of sp³-hybridized carbons (Fsp3) is 0.300. The van der Waals surface area contributed by atoms with Crippen LogP contribution in [0.1, 0.15) is 24.2 Å². The van der Waals surface area contributed by atoms with Crippen molar-refractivity contribution in [3.63, 3.8) is 0 Å². The molecule has 2 heterocycles. The van der Waals surface area contributed by atoms with E-state index in [0.29, 0.717) is 0 Å². The molecule has 0 fully saturated rings. The summed E-state index contributed by atoms with van der Waals surface area (Å²) in [6.07, 6.45) is 8.69. The van der Waals surface area contributed by atoms with Crippen molar-refractivity contribution in [2.75, 3.05) is 0 Å². The Kier molecular flexibility index (Phi) is 3.23. The third-order valence-electron chi connectivity index (χ3n) is 2.36. The summed E-state index contributed by atoms with van der Waals surface area (Å²) < 4.78 is 1.84. The molecule has 2 aromatic heterocycles. The zero-order chi connectivity index (χ0) is 11.4. The summed E-state index contributed by atoms with van der Waals surface area (Å²) >= 11 is 0. The topological polar surface area (TPSA) is 81.7 Å². The third-order valence-corrected chi connectivity index (χ3v) is 2.36. The Labute approximate surface area is 93.5 Å². The van der Waals surface area contributed by atoms with Gasteiger partial charge < -0.3 is 0 Å². The fourth-order valence-corrected chi connectivity index (χ4v) is 1.51. The molecule has 2 rings (SSSR count). The SMILES string of the molecule is CCn1cc(C(NN)c2cnccn2)cn1. The molecule has 0 saturated carbocycles. The lowest BCUT2D eigenvalue weighted by molar-refractivity contribution is 0.613. The molecule has 0 spiro atoms. The Hall–Kier alpha value is -1.79. The highest BCUT2D eigenvalue weighted by Crippen LogP contribution is 2.17. The minimum Gasteiger partial charge on any atom is -0.273 e. The standard InChI is InChI=1S/C10H14N6/c1-2-16-7-8(5-14-16)10(15-11)9-6-12-3-4-13-9/h3-7,10,15H,2,11H2,1H3. The Morgan fingerprint density at radius 2 is 2.31 bits per heavy atom. The molecule has 0 saturated heterocycles. The first kappa shape index (κ1) is 10.7. The van der Waals surface area contributed by atoms with Crippen molar-refractivity contribution in [2.24, 2.45) is 5.84 Å². The van der Waals surface area contributed by atoms with Crippen LogP contribution in [0.5, 0.6) is 0 Å². The van der Waals surface area contributed by atoms with Crippen molar-refractivity contribution in [2.45, 2.75) is 19.5 Å². The van der Waals surface area contributed by atoms with Crippen molar-refractivity contribution in [3.8, 4) is 0 Å². The van der Waals surface area contributed by atoms with Crippen LogP contribution in [0.3, 0.4) is 0 Å². The average Bonchev–Trinajstić information content (AvgIpc) is 2.80. The predicted molar refractivity (Wildman–Crippen MR) is 59.1 cm³/mol. The van der Waals surface area contributed by atoms with Crippen LogP contribution in [0.15, 0.2) is 31.0 Å². The van der Waals surface area contributed by atoms with Gasteiger partial charge in [-0.3, -0.25) is 20.5 Å². The molecule has 1 atom stereocenters. The molecule has 0 amide bonds. The molecular weight excluding hydrogens is 204 g/mol. The van der Waals surface area contributed by atoms with Gasteiger partial charge in [-0.15, -0.1) is 0 Å². The summed E-state index contributed by atoms with van der Waals surface area (Å²) in [5.41, 5.74) is 4.47. The second-order valence-electron chi connectivity index (χ2n) is 3.36. The maximum Gasteiger partial charge on any atom is 0.0927 e. The summed E-state index contributed by atoms with van der Waals surface area (Å²) in [7, 11) is 0. The van der Waals surface area contributed by atoms with Crippen molar-refractivity contribution >= 4 is 0 Å². The summed E-state index contributed by atoms with van der Waals surface area (Å²) in [4.78, 5) is 8.24. The van der Waals surface area contributed by atoms with Crippen LogP contribution in [-0.4, -0.2) is 19.7 Å². The summed E-state index contributed by atoms with van der Waals surface area (Å²) in [6, 6.07) is -0.172. The average molecular weight is 218 g/mol. The van der Waals surface area contributed by atoms with E-state index in [4.69, 9.17) is 5.84 Å². The Morgan fingerprint density at radius 1 is 1.44 bits per heavy atom.